The van der Waals surface area contributed by atoms with Crippen LogP contribution in [-0.2, 0) is 11.2 Å². The van der Waals surface area contributed by atoms with Crippen molar-refractivity contribution in [2.45, 2.75) is 33.1 Å². The van der Waals surface area contributed by atoms with Gasteiger partial charge in [-0.1, -0.05) is 30.3 Å². The topological polar surface area (TPSA) is 69.0 Å². The highest BCUT2D eigenvalue weighted by Gasteiger charge is 2.25. The van der Waals surface area contributed by atoms with Gasteiger partial charge in [-0.25, -0.2) is 4.98 Å². The molecule has 0 spiro atoms. The monoisotopic (exact) mass is 380 g/mol. The van der Waals surface area contributed by atoms with Crippen LogP contribution >= 0.6 is 11.3 Å². The van der Waals surface area contributed by atoms with Gasteiger partial charge in [0.25, 0.3) is 5.91 Å². The van der Waals surface area contributed by atoms with Crippen LogP contribution in [0.5, 0.6) is 0 Å². The summed E-state index contributed by atoms with van der Waals surface area (Å²) in [6, 6.07) is 12.5. The minimum atomic E-state index is -0.201. The van der Waals surface area contributed by atoms with Gasteiger partial charge < -0.3 is 10.2 Å². The van der Waals surface area contributed by atoms with Gasteiger partial charge in [0.05, 0.1) is 5.69 Å². The van der Waals surface area contributed by atoms with Crippen molar-refractivity contribution in [1.29, 1.82) is 5.26 Å². The molecule has 1 aliphatic rings. The summed E-state index contributed by atoms with van der Waals surface area (Å²) in [7, 11) is 0. The van der Waals surface area contributed by atoms with Gasteiger partial charge in [0.1, 0.15) is 11.6 Å². The van der Waals surface area contributed by atoms with Crippen molar-refractivity contribution in [3.05, 3.63) is 58.2 Å². The first-order valence-corrected chi connectivity index (χ1v) is 10.0. The minimum absolute atomic E-state index is 0.127. The number of rotatable bonds is 5. The van der Waals surface area contributed by atoms with Crippen LogP contribution in [0, 0.1) is 31.1 Å². The highest BCUT2D eigenvalue weighted by molar-refractivity contribution is 7.15. The number of aromatic nitrogens is 1. The third-order valence-electron chi connectivity index (χ3n) is 4.99. The second-order valence-corrected chi connectivity index (χ2v) is 8.10. The first-order chi connectivity index (χ1) is 13.1. The molecule has 0 bridgehead atoms. The van der Waals surface area contributed by atoms with Crippen LogP contribution < -0.4 is 5.32 Å². The van der Waals surface area contributed by atoms with Crippen LogP contribution in [0.3, 0.4) is 0 Å². The second kappa shape index (κ2) is 8.83. The summed E-state index contributed by atoms with van der Waals surface area (Å²) in [5.74, 6) is 0.388. The zero-order valence-corrected chi connectivity index (χ0v) is 16.6. The molecule has 0 atom stereocenters. The lowest BCUT2D eigenvalue weighted by atomic mass is 9.90. The number of nitriles is 1. The number of carbonyl (C=O) groups excluding carboxylic acids is 1. The molecule has 0 unspecified atom stereocenters. The number of aryl methyl sites for hydroxylation is 2. The molecule has 1 amide bonds. The van der Waals surface area contributed by atoms with Crippen molar-refractivity contribution in [1.82, 2.24) is 9.88 Å². The van der Waals surface area contributed by atoms with Gasteiger partial charge in [-0.3, -0.25) is 4.79 Å². The van der Waals surface area contributed by atoms with Gasteiger partial charge in [-0.15, -0.1) is 11.3 Å². The number of likely N-dealkylation sites (tertiary alicyclic amines) is 1. The number of hydrogen-bond donors (Lipinski definition) is 1. The Bertz CT molecular complexity index is 839. The molecule has 140 valence electrons. The average molecular weight is 381 g/mol. The van der Waals surface area contributed by atoms with Gasteiger partial charge in [0.15, 0.2) is 5.13 Å². The van der Waals surface area contributed by atoms with Crippen molar-refractivity contribution < 1.29 is 4.79 Å². The molecule has 0 saturated carbocycles. The fourth-order valence-electron chi connectivity index (χ4n) is 3.27. The number of nitrogens with one attached hydrogen (secondary N) is 1. The molecule has 1 N–H and O–H groups in total. The van der Waals surface area contributed by atoms with Gasteiger partial charge in [-0.05, 0) is 44.6 Å². The van der Waals surface area contributed by atoms with Crippen molar-refractivity contribution >= 4 is 22.4 Å². The number of hydrogen-bond acceptors (Lipinski definition) is 5. The van der Waals surface area contributed by atoms with E-state index in [0.717, 1.165) is 29.8 Å². The van der Waals surface area contributed by atoms with Gasteiger partial charge in [-0.2, -0.15) is 5.26 Å². The molecule has 3 rings (SSSR count). The maximum atomic E-state index is 12.7. The zero-order chi connectivity index (χ0) is 19.2. The van der Waals surface area contributed by atoms with E-state index in [-0.39, 0.29) is 11.5 Å². The Labute approximate surface area is 164 Å². The van der Waals surface area contributed by atoms with E-state index in [2.05, 4.69) is 34.6 Å². The molecular formula is C21H24N4OS. The summed E-state index contributed by atoms with van der Waals surface area (Å²) < 4.78 is 0. The molecule has 2 heterocycles. The van der Waals surface area contributed by atoms with E-state index >= 15 is 0 Å². The van der Waals surface area contributed by atoms with Crippen molar-refractivity contribution in [3.8, 4) is 6.07 Å². The number of piperidine rings is 1. The average Bonchev–Trinajstić information content (AvgIpc) is 3.01. The first-order valence-electron chi connectivity index (χ1n) is 9.21. The number of benzene rings is 1. The number of thiazole rings is 1. The van der Waals surface area contributed by atoms with Gasteiger partial charge in [0, 0.05) is 24.2 Å². The van der Waals surface area contributed by atoms with Crippen LogP contribution in [-0.4, -0.2) is 28.9 Å². The molecule has 0 radical (unpaired) electrons. The Morgan fingerprint density at radius 2 is 2.04 bits per heavy atom. The molecule has 1 aromatic heterocycles. The molecule has 5 nitrogen and oxygen atoms in total. The van der Waals surface area contributed by atoms with Crippen LogP contribution in [0.4, 0.5) is 5.13 Å². The molecule has 1 saturated heterocycles. The molecule has 1 fully saturated rings. The predicted octanol–water partition coefficient (Wildman–Crippen LogP) is 4.06. The third-order valence-corrected chi connectivity index (χ3v) is 5.99. The Hall–Kier alpha value is -2.65. The summed E-state index contributed by atoms with van der Waals surface area (Å²) in [6.45, 7) is 5.34. The fraction of sp³-hybridized carbons (Fsp3) is 0.381. The van der Waals surface area contributed by atoms with Crippen LogP contribution in [0.1, 0.15) is 29.0 Å². The lowest BCUT2D eigenvalue weighted by Crippen LogP contribution is -2.39. The van der Waals surface area contributed by atoms with Crippen molar-refractivity contribution in [2.24, 2.45) is 5.92 Å². The van der Waals surface area contributed by atoms with E-state index in [1.54, 1.807) is 4.90 Å². The normalized spacial score (nSPS) is 15.4. The van der Waals surface area contributed by atoms with Crippen molar-refractivity contribution in [2.75, 3.05) is 18.4 Å². The Morgan fingerprint density at radius 3 is 2.63 bits per heavy atom. The number of anilines is 1. The lowest BCUT2D eigenvalue weighted by Gasteiger charge is -2.32. The molecule has 0 aliphatic carbocycles. The van der Waals surface area contributed by atoms with E-state index < -0.39 is 0 Å². The van der Waals surface area contributed by atoms with Crippen LogP contribution in [0.25, 0.3) is 0 Å². The van der Waals surface area contributed by atoms with E-state index in [1.807, 2.05) is 26.0 Å². The quantitative estimate of drug-likeness (QED) is 0.627. The maximum Gasteiger partial charge on any atom is 0.266 e. The Balaban J connectivity index is 1.55. The van der Waals surface area contributed by atoms with E-state index in [1.165, 1.54) is 23.1 Å². The molecule has 27 heavy (non-hydrogen) atoms. The highest BCUT2D eigenvalue weighted by Crippen LogP contribution is 2.23. The summed E-state index contributed by atoms with van der Waals surface area (Å²) in [6.07, 6.45) is 4.47. The lowest BCUT2D eigenvalue weighted by molar-refractivity contribution is -0.128. The third kappa shape index (κ3) is 4.95. The van der Waals surface area contributed by atoms with Crippen molar-refractivity contribution in [3.63, 3.8) is 0 Å². The van der Waals surface area contributed by atoms with Crippen LogP contribution in [0.2, 0.25) is 0 Å². The second-order valence-electron chi connectivity index (χ2n) is 6.90. The molecule has 1 aromatic carbocycles. The number of nitrogens with zero attached hydrogens (tertiary/aromatic N) is 3. The largest absolute Gasteiger partial charge is 0.338 e. The minimum Gasteiger partial charge on any atom is -0.338 e. The predicted molar refractivity (Wildman–Crippen MR) is 108 cm³/mol. The van der Waals surface area contributed by atoms with Gasteiger partial charge >= 0.3 is 0 Å². The van der Waals surface area contributed by atoms with Crippen LogP contribution in [0.15, 0.2) is 42.1 Å². The standard InChI is InChI=1S/C21H24N4OS/c1-15-16(2)27-21(24-15)23-14-19(13-22)20(26)25-10-8-18(9-11-25)12-17-6-4-3-5-7-17/h3-7,14,18H,8-12H2,1-2H3,(H,23,24)/b19-14-. The fourth-order valence-corrected chi connectivity index (χ4v) is 4.05. The maximum absolute atomic E-state index is 12.7. The van der Waals surface area contributed by atoms with E-state index in [4.69, 9.17) is 0 Å². The summed E-state index contributed by atoms with van der Waals surface area (Å²) in [5.41, 5.74) is 2.43. The van der Waals surface area contributed by atoms with Gasteiger partial charge in [0.2, 0.25) is 0 Å². The number of carbonyl (C=O) groups is 1. The summed E-state index contributed by atoms with van der Waals surface area (Å²) in [5, 5.41) is 13.1. The van der Waals surface area contributed by atoms with E-state index in [0.29, 0.717) is 24.1 Å². The molecule has 1 aliphatic heterocycles. The summed E-state index contributed by atoms with van der Waals surface area (Å²) in [4.78, 5) is 19.9. The Kier molecular flexibility index (Phi) is 6.25. The van der Waals surface area contributed by atoms with E-state index in [9.17, 15) is 10.1 Å². The number of amides is 1. The summed E-state index contributed by atoms with van der Waals surface area (Å²) >= 11 is 1.51. The SMILES string of the molecule is Cc1nc(N/C=C(/C#N)C(=O)N2CCC(Cc3ccccc3)CC2)sc1C. The molecule has 2 aromatic rings. The smallest absolute Gasteiger partial charge is 0.266 e. The molecular weight excluding hydrogens is 356 g/mol. The molecule has 6 heteroatoms. The zero-order valence-electron chi connectivity index (χ0n) is 15.7. The first kappa shape index (κ1) is 19.1. The highest BCUT2D eigenvalue weighted by atomic mass is 32.1. The Morgan fingerprint density at radius 1 is 1.33 bits per heavy atom.